The highest BCUT2D eigenvalue weighted by molar-refractivity contribution is 5.93. The number of rotatable bonds is 12. The van der Waals surface area contributed by atoms with Gasteiger partial charge in [-0.25, -0.2) is 4.79 Å². The zero-order chi connectivity index (χ0) is 30.1. The second-order valence-corrected chi connectivity index (χ2v) is 12.4. The van der Waals surface area contributed by atoms with Gasteiger partial charge in [-0.05, 0) is 77.8 Å². The van der Waals surface area contributed by atoms with Crippen LogP contribution in [0.25, 0.3) is 0 Å². The van der Waals surface area contributed by atoms with Crippen LogP contribution in [0.4, 0.5) is 4.79 Å². The van der Waals surface area contributed by atoms with Crippen LogP contribution in [0.3, 0.4) is 0 Å². The maximum atomic E-state index is 14.4. The predicted molar refractivity (Wildman–Crippen MR) is 156 cm³/mol. The molecule has 4 N–H and O–H groups in total. The standard InChI is InChI=1S/C31H50N4O5/c1-8-21-15-17-22(18-16-21)26(27(37)33-23-13-11-10-12-14-23)35(31(6,7)9-2)28(38)24(19-20-25(32)36)34-29(39)40-30(3,4)5/h15-18,23-24,26H,8-14,19-20H2,1-7H3,(H2,32,36)(H,33,37)(H,34,39). The second kappa shape index (κ2) is 14.5. The van der Waals surface area contributed by atoms with E-state index in [1.54, 1.807) is 25.7 Å². The summed E-state index contributed by atoms with van der Waals surface area (Å²) in [6.45, 7) is 13.0. The van der Waals surface area contributed by atoms with Crippen molar-refractivity contribution in [3.8, 4) is 0 Å². The summed E-state index contributed by atoms with van der Waals surface area (Å²) in [5.74, 6) is -1.31. The molecule has 1 aliphatic rings. The molecule has 9 heteroatoms. The van der Waals surface area contributed by atoms with E-state index in [9.17, 15) is 19.2 Å². The molecule has 9 nitrogen and oxygen atoms in total. The number of aryl methyl sites for hydroxylation is 1. The quantitative estimate of drug-likeness (QED) is 0.335. The third-order valence-corrected chi connectivity index (χ3v) is 7.59. The molecule has 40 heavy (non-hydrogen) atoms. The Balaban J connectivity index is 2.57. The first-order valence-electron chi connectivity index (χ1n) is 14.7. The molecular formula is C31H50N4O5. The molecule has 2 unspecified atom stereocenters. The Morgan fingerprint density at radius 3 is 2.10 bits per heavy atom. The van der Waals surface area contributed by atoms with Crippen molar-refractivity contribution in [2.45, 2.75) is 136 Å². The SMILES string of the molecule is CCc1ccc(C(C(=O)NC2CCCCC2)N(C(=O)C(CCC(N)=O)NC(=O)OC(C)(C)C)C(C)(C)CC)cc1. The third-order valence-electron chi connectivity index (χ3n) is 7.59. The summed E-state index contributed by atoms with van der Waals surface area (Å²) in [5, 5.41) is 5.88. The zero-order valence-electron chi connectivity index (χ0n) is 25.5. The summed E-state index contributed by atoms with van der Waals surface area (Å²) in [7, 11) is 0. The second-order valence-electron chi connectivity index (χ2n) is 12.4. The van der Waals surface area contributed by atoms with Crippen molar-refractivity contribution in [1.29, 1.82) is 0 Å². The molecule has 1 fully saturated rings. The maximum Gasteiger partial charge on any atom is 0.408 e. The molecule has 224 valence electrons. The molecule has 1 aromatic rings. The van der Waals surface area contributed by atoms with Crippen LogP contribution in [-0.4, -0.2) is 51.9 Å². The minimum absolute atomic E-state index is 0.0184. The highest BCUT2D eigenvalue weighted by Crippen LogP contribution is 2.33. The fourth-order valence-corrected chi connectivity index (χ4v) is 4.99. The molecule has 4 amide bonds. The Labute approximate surface area is 240 Å². The van der Waals surface area contributed by atoms with Crippen LogP contribution in [-0.2, 0) is 25.5 Å². The summed E-state index contributed by atoms with van der Waals surface area (Å²) >= 11 is 0. The third kappa shape index (κ3) is 9.82. The monoisotopic (exact) mass is 558 g/mol. The van der Waals surface area contributed by atoms with E-state index in [4.69, 9.17) is 10.5 Å². The Hall–Kier alpha value is -3.10. The summed E-state index contributed by atoms with van der Waals surface area (Å²) < 4.78 is 5.42. The lowest BCUT2D eigenvalue weighted by atomic mass is 9.90. The molecule has 0 heterocycles. The molecule has 2 rings (SSSR count). The lowest BCUT2D eigenvalue weighted by Gasteiger charge is -2.45. The number of hydrogen-bond donors (Lipinski definition) is 3. The zero-order valence-corrected chi connectivity index (χ0v) is 25.5. The fourth-order valence-electron chi connectivity index (χ4n) is 4.99. The molecule has 1 aliphatic carbocycles. The van der Waals surface area contributed by atoms with Crippen LogP contribution in [0.15, 0.2) is 24.3 Å². The van der Waals surface area contributed by atoms with Crippen LogP contribution in [0.5, 0.6) is 0 Å². The number of hydrogen-bond acceptors (Lipinski definition) is 5. The van der Waals surface area contributed by atoms with E-state index >= 15 is 0 Å². The van der Waals surface area contributed by atoms with Gasteiger partial charge < -0.3 is 26.0 Å². The van der Waals surface area contributed by atoms with Crippen LogP contribution in [0.1, 0.15) is 117 Å². The van der Waals surface area contributed by atoms with Gasteiger partial charge >= 0.3 is 6.09 Å². The van der Waals surface area contributed by atoms with E-state index in [1.165, 1.54) is 0 Å². The molecule has 1 aromatic carbocycles. The van der Waals surface area contributed by atoms with Crippen LogP contribution < -0.4 is 16.4 Å². The average Bonchev–Trinajstić information content (AvgIpc) is 2.88. The number of primary amides is 1. The average molecular weight is 559 g/mol. The first kappa shape index (κ1) is 33.1. The topological polar surface area (TPSA) is 131 Å². The molecule has 0 bridgehead atoms. The first-order valence-corrected chi connectivity index (χ1v) is 14.7. The summed E-state index contributed by atoms with van der Waals surface area (Å²) in [6.07, 6.45) is 5.55. The van der Waals surface area contributed by atoms with Crippen molar-refractivity contribution in [2.24, 2.45) is 5.73 Å². The number of amides is 4. The molecule has 0 saturated heterocycles. The van der Waals surface area contributed by atoms with E-state index in [0.29, 0.717) is 12.0 Å². The van der Waals surface area contributed by atoms with Gasteiger partial charge in [0, 0.05) is 18.0 Å². The minimum Gasteiger partial charge on any atom is -0.444 e. The largest absolute Gasteiger partial charge is 0.444 e. The van der Waals surface area contributed by atoms with Gasteiger partial charge in [-0.2, -0.15) is 0 Å². The Bertz CT molecular complexity index is 1010. The van der Waals surface area contributed by atoms with Crippen LogP contribution in [0, 0.1) is 0 Å². The Morgan fingerprint density at radius 1 is 1.00 bits per heavy atom. The fraction of sp³-hybridized carbons (Fsp3) is 0.677. The molecule has 1 saturated carbocycles. The molecular weight excluding hydrogens is 508 g/mol. The van der Waals surface area contributed by atoms with Gasteiger partial charge in [-0.3, -0.25) is 14.4 Å². The van der Waals surface area contributed by atoms with E-state index < -0.39 is 41.1 Å². The molecule has 0 aliphatic heterocycles. The molecule has 0 radical (unpaired) electrons. The first-order chi connectivity index (χ1) is 18.7. The van der Waals surface area contributed by atoms with Gasteiger partial charge in [0.05, 0.1) is 0 Å². The number of nitrogens with one attached hydrogen (secondary N) is 2. The van der Waals surface area contributed by atoms with Crippen molar-refractivity contribution >= 4 is 23.8 Å². The number of carbonyl (C=O) groups is 4. The summed E-state index contributed by atoms with van der Waals surface area (Å²) in [4.78, 5) is 54.5. The highest BCUT2D eigenvalue weighted by Gasteiger charge is 2.43. The van der Waals surface area contributed by atoms with Crippen molar-refractivity contribution < 1.29 is 23.9 Å². The predicted octanol–water partition coefficient (Wildman–Crippen LogP) is 4.92. The number of benzene rings is 1. The van der Waals surface area contributed by atoms with Gasteiger partial charge in [0.2, 0.25) is 17.7 Å². The van der Waals surface area contributed by atoms with Gasteiger partial charge in [-0.15, -0.1) is 0 Å². The Morgan fingerprint density at radius 2 is 1.60 bits per heavy atom. The number of alkyl carbamates (subject to hydrolysis) is 1. The van der Waals surface area contributed by atoms with Gasteiger partial charge in [0.25, 0.3) is 0 Å². The molecule has 0 aromatic heterocycles. The molecule has 2 atom stereocenters. The van der Waals surface area contributed by atoms with Gasteiger partial charge in [0.15, 0.2) is 0 Å². The van der Waals surface area contributed by atoms with E-state index in [1.807, 2.05) is 45.0 Å². The van der Waals surface area contributed by atoms with Crippen molar-refractivity contribution in [1.82, 2.24) is 15.5 Å². The van der Waals surface area contributed by atoms with Crippen molar-refractivity contribution in [3.05, 3.63) is 35.4 Å². The summed E-state index contributed by atoms with van der Waals surface area (Å²) in [5.41, 5.74) is 5.67. The van der Waals surface area contributed by atoms with Crippen molar-refractivity contribution in [3.63, 3.8) is 0 Å². The van der Waals surface area contributed by atoms with Crippen LogP contribution in [0.2, 0.25) is 0 Å². The number of ether oxygens (including phenoxy) is 1. The highest BCUT2D eigenvalue weighted by atomic mass is 16.6. The van der Waals surface area contributed by atoms with Crippen molar-refractivity contribution in [2.75, 3.05) is 0 Å². The lowest BCUT2D eigenvalue weighted by Crippen LogP contribution is -2.60. The van der Waals surface area contributed by atoms with E-state index in [0.717, 1.165) is 44.1 Å². The normalized spacial score (nSPS) is 16.0. The molecule has 0 spiro atoms. The number of carbonyl (C=O) groups excluding carboxylic acids is 4. The minimum atomic E-state index is -1.12. The van der Waals surface area contributed by atoms with E-state index in [2.05, 4.69) is 17.6 Å². The maximum absolute atomic E-state index is 14.4. The number of nitrogens with two attached hydrogens (primary N) is 1. The summed E-state index contributed by atoms with van der Waals surface area (Å²) in [6, 6.07) is 5.74. The van der Waals surface area contributed by atoms with Gasteiger partial charge in [-0.1, -0.05) is 57.4 Å². The number of nitrogens with zero attached hydrogens (tertiary/aromatic N) is 1. The lowest BCUT2D eigenvalue weighted by molar-refractivity contribution is -0.150. The van der Waals surface area contributed by atoms with Crippen LogP contribution >= 0.6 is 0 Å². The van der Waals surface area contributed by atoms with Gasteiger partial charge in [0.1, 0.15) is 17.7 Å². The smallest absolute Gasteiger partial charge is 0.408 e. The van der Waals surface area contributed by atoms with E-state index in [-0.39, 0.29) is 24.8 Å². The Kier molecular flexibility index (Phi) is 12.0.